The third-order valence-electron chi connectivity index (χ3n) is 5.03. The molecule has 8 heteroatoms. The van der Waals surface area contributed by atoms with Crippen LogP contribution in [0.1, 0.15) is 32.7 Å². The lowest BCUT2D eigenvalue weighted by Gasteiger charge is -2.13. The minimum atomic E-state index is -0.404. The fraction of sp³-hybridized carbons (Fsp3) is 0.238. The number of pyridine rings is 1. The van der Waals surface area contributed by atoms with E-state index in [-0.39, 0.29) is 30.3 Å². The van der Waals surface area contributed by atoms with Crippen molar-refractivity contribution in [2.24, 2.45) is 0 Å². The summed E-state index contributed by atoms with van der Waals surface area (Å²) in [5.41, 5.74) is 2.70. The van der Waals surface area contributed by atoms with E-state index in [2.05, 4.69) is 15.3 Å². The van der Waals surface area contributed by atoms with E-state index in [1.165, 1.54) is 18.5 Å². The van der Waals surface area contributed by atoms with Crippen LogP contribution in [0.2, 0.25) is 0 Å². The molecule has 1 aliphatic rings. The Balaban J connectivity index is 1.29. The van der Waals surface area contributed by atoms with Gasteiger partial charge in [-0.3, -0.25) is 24.3 Å². The molecule has 0 bridgehead atoms. The number of ether oxygens (including phenoxy) is 1. The Morgan fingerprint density at radius 3 is 2.83 bits per heavy atom. The first kappa shape index (κ1) is 18.7. The molecule has 3 amide bonds. The zero-order valence-electron chi connectivity index (χ0n) is 15.9. The minimum absolute atomic E-state index is 0.0441. The van der Waals surface area contributed by atoms with Gasteiger partial charge in [0.15, 0.2) is 0 Å². The highest BCUT2D eigenvalue weighted by atomic mass is 16.5. The highest BCUT2D eigenvalue weighted by molar-refractivity contribution is 6.21. The lowest BCUT2D eigenvalue weighted by molar-refractivity contribution is -0.121. The van der Waals surface area contributed by atoms with E-state index in [1.807, 2.05) is 24.4 Å². The zero-order chi connectivity index (χ0) is 20.4. The maximum absolute atomic E-state index is 12.3. The average molecular weight is 392 g/mol. The van der Waals surface area contributed by atoms with Gasteiger partial charge in [-0.1, -0.05) is 0 Å². The molecular weight excluding hydrogens is 372 g/mol. The Hall–Kier alpha value is -3.68. The number of benzene rings is 1. The molecule has 0 fully saturated rings. The third kappa shape index (κ3) is 3.56. The normalized spacial score (nSPS) is 13.1. The predicted octanol–water partition coefficient (Wildman–Crippen LogP) is 1.92. The molecule has 0 atom stereocenters. The first-order valence-corrected chi connectivity index (χ1v) is 9.29. The fourth-order valence-corrected chi connectivity index (χ4v) is 3.47. The Morgan fingerprint density at radius 1 is 1.21 bits per heavy atom. The highest BCUT2D eigenvalue weighted by Gasteiger charge is 2.35. The molecule has 0 saturated heterocycles. The highest BCUT2D eigenvalue weighted by Crippen LogP contribution is 2.24. The Kier molecular flexibility index (Phi) is 4.99. The van der Waals surface area contributed by atoms with Gasteiger partial charge < -0.3 is 15.0 Å². The lowest BCUT2D eigenvalue weighted by Crippen LogP contribution is -2.35. The van der Waals surface area contributed by atoms with Crippen molar-refractivity contribution in [2.75, 3.05) is 20.2 Å². The first-order chi connectivity index (χ1) is 14.1. The molecule has 3 heterocycles. The van der Waals surface area contributed by atoms with Gasteiger partial charge in [-0.2, -0.15) is 0 Å². The maximum atomic E-state index is 12.3. The van der Waals surface area contributed by atoms with Crippen LogP contribution in [0.15, 0.2) is 42.9 Å². The maximum Gasteiger partial charge on any atom is 0.263 e. The number of aromatic nitrogens is 2. The number of amides is 3. The number of nitrogens with zero attached hydrogens (tertiary/aromatic N) is 2. The van der Waals surface area contributed by atoms with Crippen LogP contribution in [0, 0.1) is 0 Å². The molecule has 4 rings (SSSR count). The van der Waals surface area contributed by atoms with E-state index in [0.717, 1.165) is 27.1 Å². The van der Waals surface area contributed by atoms with Gasteiger partial charge in [-0.15, -0.1) is 0 Å². The number of hydrogen-bond acceptors (Lipinski definition) is 5. The minimum Gasteiger partial charge on any atom is -0.497 e. The molecule has 3 aromatic rings. The molecule has 2 N–H and O–H groups in total. The van der Waals surface area contributed by atoms with E-state index < -0.39 is 5.91 Å². The molecular formula is C21H20N4O4. The molecule has 29 heavy (non-hydrogen) atoms. The summed E-state index contributed by atoms with van der Waals surface area (Å²) in [5.74, 6) is -0.220. The molecule has 0 spiro atoms. The predicted molar refractivity (Wildman–Crippen MR) is 106 cm³/mol. The van der Waals surface area contributed by atoms with E-state index in [9.17, 15) is 14.4 Å². The lowest BCUT2D eigenvalue weighted by atomic mass is 10.1. The van der Waals surface area contributed by atoms with Gasteiger partial charge >= 0.3 is 0 Å². The van der Waals surface area contributed by atoms with E-state index in [1.54, 1.807) is 7.11 Å². The second-order valence-corrected chi connectivity index (χ2v) is 6.76. The number of aromatic amines is 1. The molecule has 148 valence electrons. The second kappa shape index (κ2) is 7.75. The molecule has 2 aromatic heterocycles. The summed E-state index contributed by atoms with van der Waals surface area (Å²) >= 11 is 0. The van der Waals surface area contributed by atoms with Crippen LogP contribution >= 0.6 is 0 Å². The number of methoxy groups -OCH3 is 1. The second-order valence-electron chi connectivity index (χ2n) is 6.76. The smallest absolute Gasteiger partial charge is 0.263 e. The van der Waals surface area contributed by atoms with Crippen LogP contribution in [0.5, 0.6) is 5.75 Å². The van der Waals surface area contributed by atoms with Crippen molar-refractivity contribution >= 4 is 28.6 Å². The summed E-state index contributed by atoms with van der Waals surface area (Å²) < 4.78 is 5.26. The van der Waals surface area contributed by atoms with Gasteiger partial charge in [0.25, 0.3) is 11.8 Å². The van der Waals surface area contributed by atoms with Gasteiger partial charge in [0.1, 0.15) is 5.75 Å². The van der Waals surface area contributed by atoms with Crippen LogP contribution in [0.3, 0.4) is 0 Å². The third-order valence-corrected chi connectivity index (χ3v) is 5.03. The van der Waals surface area contributed by atoms with Gasteiger partial charge in [-0.25, -0.2) is 0 Å². The van der Waals surface area contributed by atoms with Crippen LogP contribution in [0.4, 0.5) is 0 Å². The summed E-state index contributed by atoms with van der Waals surface area (Å²) in [6, 6.07) is 7.32. The number of nitrogens with one attached hydrogen (secondary N) is 2. The van der Waals surface area contributed by atoms with Crippen molar-refractivity contribution in [1.29, 1.82) is 0 Å². The quantitative estimate of drug-likeness (QED) is 0.598. The largest absolute Gasteiger partial charge is 0.497 e. The number of rotatable bonds is 7. The fourth-order valence-electron chi connectivity index (χ4n) is 3.47. The number of H-pyrrole nitrogens is 1. The zero-order valence-corrected chi connectivity index (χ0v) is 15.9. The molecule has 0 radical (unpaired) electrons. The van der Waals surface area contributed by atoms with Crippen molar-refractivity contribution in [3.8, 4) is 5.75 Å². The summed E-state index contributed by atoms with van der Waals surface area (Å²) in [6.45, 7) is 0.498. The molecule has 0 unspecified atom stereocenters. The van der Waals surface area contributed by atoms with Crippen molar-refractivity contribution in [2.45, 2.75) is 12.8 Å². The monoisotopic (exact) mass is 392 g/mol. The van der Waals surface area contributed by atoms with Gasteiger partial charge in [-0.05, 0) is 36.2 Å². The Morgan fingerprint density at radius 2 is 2.03 bits per heavy atom. The molecule has 0 saturated carbocycles. The van der Waals surface area contributed by atoms with Crippen molar-refractivity contribution in [3.05, 3.63) is 59.5 Å². The number of carbonyl (C=O) groups is 3. The van der Waals surface area contributed by atoms with Crippen LogP contribution in [-0.4, -0.2) is 52.8 Å². The van der Waals surface area contributed by atoms with Gasteiger partial charge in [0.05, 0.1) is 18.2 Å². The van der Waals surface area contributed by atoms with Crippen molar-refractivity contribution < 1.29 is 19.1 Å². The number of hydrogen-bond donors (Lipinski definition) is 2. The van der Waals surface area contributed by atoms with E-state index in [0.29, 0.717) is 18.5 Å². The molecule has 1 aromatic carbocycles. The summed E-state index contributed by atoms with van der Waals surface area (Å²) in [6.07, 6.45) is 5.48. The van der Waals surface area contributed by atoms with E-state index >= 15 is 0 Å². The Bertz CT molecular complexity index is 1070. The summed E-state index contributed by atoms with van der Waals surface area (Å²) in [7, 11) is 1.62. The summed E-state index contributed by atoms with van der Waals surface area (Å²) in [5, 5.41) is 3.90. The van der Waals surface area contributed by atoms with Crippen molar-refractivity contribution in [1.82, 2.24) is 20.2 Å². The van der Waals surface area contributed by atoms with Crippen LogP contribution in [-0.2, 0) is 11.2 Å². The van der Waals surface area contributed by atoms with Crippen molar-refractivity contribution in [3.63, 3.8) is 0 Å². The number of fused-ring (bicyclic) bond motifs is 2. The standard InChI is InChI=1S/C21H20N4O4/c1-29-14-2-3-18-16(10-14)13(11-24-18)4-8-23-19(26)6-9-25-20(27)15-5-7-22-12-17(15)21(25)28/h2-3,5,7,10-12,24H,4,6,8-9H2,1H3,(H,23,26). The molecule has 8 nitrogen and oxygen atoms in total. The number of imide groups is 1. The summed E-state index contributed by atoms with van der Waals surface area (Å²) in [4.78, 5) is 44.9. The topological polar surface area (TPSA) is 104 Å². The van der Waals surface area contributed by atoms with Crippen LogP contribution in [0.25, 0.3) is 10.9 Å². The Labute approximate surface area is 166 Å². The van der Waals surface area contributed by atoms with Crippen LogP contribution < -0.4 is 10.1 Å². The molecule has 0 aliphatic carbocycles. The average Bonchev–Trinajstić information content (AvgIpc) is 3.25. The van der Waals surface area contributed by atoms with E-state index in [4.69, 9.17) is 4.74 Å². The van der Waals surface area contributed by atoms with Gasteiger partial charge in [0, 0.05) is 49.0 Å². The van der Waals surface area contributed by atoms with Gasteiger partial charge in [0.2, 0.25) is 5.91 Å². The SMILES string of the molecule is COc1ccc2[nH]cc(CCNC(=O)CCN3C(=O)c4ccncc4C3=O)c2c1. The number of carbonyl (C=O) groups excluding carboxylic acids is 3. The molecule has 1 aliphatic heterocycles. The first-order valence-electron chi connectivity index (χ1n) is 9.29.